The van der Waals surface area contributed by atoms with Gasteiger partial charge in [0.15, 0.2) is 0 Å². The maximum atomic E-state index is 12.2. The van der Waals surface area contributed by atoms with Gasteiger partial charge in [0.2, 0.25) is 5.82 Å². The molecule has 7 heteroatoms. The van der Waals surface area contributed by atoms with E-state index >= 15 is 0 Å². The van der Waals surface area contributed by atoms with Crippen LogP contribution in [-0.4, -0.2) is 16.2 Å². The number of aryl methyl sites for hydroxylation is 1. The minimum Gasteiger partial charge on any atom is -0.311 e. The van der Waals surface area contributed by atoms with E-state index in [9.17, 15) is 13.2 Å². The second-order valence-corrected chi connectivity index (χ2v) is 3.30. The summed E-state index contributed by atoms with van der Waals surface area (Å²) >= 11 is 1.14. The van der Waals surface area contributed by atoms with Crippen LogP contribution in [0.3, 0.4) is 0 Å². The molecule has 0 fully saturated rings. The smallest absolute Gasteiger partial charge is 0.311 e. The van der Waals surface area contributed by atoms with Gasteiger partial charge in [-0.2, -0.15) is 13.2 Å². The van der Waals surface area contributed by atoms with Crippen molar-refractivity contribution in [3.05, 3.63) is 23.3 Å². The lowest BCUT2D eigenvalue weighted by molar-refractivity contribution is -0.145. The molecule has 0 atom stereocenters. The minimum atomic E-state index is -4.50. The van der Waals surface area contributed by atoms with Crippen molar-refractivity contribution >= 4 is 12.0 Å². The highest BCUT2D eigenvalue weighted by molar-refractivity contribution is 7.93. The maximum Gasteiger partial charge on any atom is 0.451 e. The van der Waals surface area contributed by atoms with Gasteiger partial charge in [0.1, 0.15) is 0 Å². The lowest BCUT2D eigenvalue weighted by Gasteiger charge is -2.08. The Morgan fingerprint density at radius 3 is 2.60 bits per heavy atom. The normalized spacial score (nSPS) is 11.8. The Kier molecular flexibility index (Phi) is 3.92. The molecule has 0 aromatic carbocycles. The standard InChI is InChI=1S/C8H9F3N2OS/c1-5-6(4-14-15-2)3-12-7(13-5)8(9,10)11/h3H,4H2,1-2H3. The molecule has 0 saturated carbocycles. The number of rotatable bonds is 3. The van der Waals surface area contributed by atoms with Gasteiger partial charge in [-0.15, -0.1) is 0 Å². The molecule has 1 aromatic heterocycles. The third kappa shape index (κ3) is 3.35. The van der Waals surface area contributed by atoms with Crippen LogP contribution in [0.4, 0.5) is 13.2 Å². The van der Waals surface area contributed by atoms with E-state index in [1.165, 1.54) is 6.92 Å². The van der Waals surface area contributed by atoms with Gasteiger partial charge in [0.05, 0.1) is 6.61 Å². The molecule has 0 spiro atoms. The molecule has 0 unspecified atom stereocenters. The first-order valence-electron chi connectivity index (χ1n) is 4.00. The van der Waals surface area contributed by atoms with Gasteiger partial charge >= 0.3 is 6.18 Å². The summed E-state index contributed by atoms with van der Waals surface area (Å²) in [5.41, 5.74) is 0.837. The van der Waals surface area contributed by atoms with Crippen molar-refractivity contribution in [2.24, 2.45) is 0 Å². The fourth-order valence-corrected chi connectivity index (χ4v) is 1.14. The molecule has 0 N–H and O–H groups in total. The zero-order chi connectivity index (χ0) is 11.5. The summed E-state index contributed by atoms with van der Waals surface area (Å²) in [6.07, 6.45) is -1.63. The summed E-state index contributed by atoms with van der Waals surface area (Å²) in [6, 6.07) is 0. The molecule has 0 aliphatic heterocycles. The number of halogens is 3. The Bertz CT molecular complexity index is 343. The van der Waals surface area contributed by atoms with Crippen LogP contribution in [0.5, 0.6) is 0 Å². The SMILES string of the molecule is CSOCc1cnc(C(F)(F)F)nc1C. The molecule has 1 rings (SSSR count). The van der Waals surface area contributed by atoms with Crippen molar-refractivity contribution in [3.8, 4) is 0 Å². The van der Waals surface area contributed by atoms with Gasteiger partial charge in [-0.25, -0.2) is 9.97 Å². The lowest BCUT2D eigenvalue weighted by atomic mass is 10.2. The van der Waals surface area contributed by atoms with E-state index < -0.39 is 12.0 Å². The van der Waals surface area contributed by atoms with Gasteiger partial charge in [0.25, 0.3) is 0 Å². The third-order valence-electron chi connectivity index (χ3n) is 1.67. The van der Waals surface area contributed by atoms with E-state index in [4.69, 9.17) is 4.18 Å². The summed E-state index contributed by atoms with van der Waals surface area (Å²) in [4.78, 5) is 6.61. The molecule has 84 valence electrons. The van der Waals surface area contributed by atoms with E-state index in [2.05, 4.69) is 9.97 Å². The van der Waals surface area contributed by atoms with Gasteiger partial charge in [-0.1, -0.05) is 0 Å². The summed E-state index contributed by atoms with van der Waals surface area (Å²) in [7, 11) is 0. The summed E-state index contributed by atoms with van der Waals surface area (Å²) < 4.78 is 41.6. The monoisotopic (exact) mass is 238 g/mol. The molecule has 1 heterocycles. The average molecular weight is 238 g/mol. The van der Waals surface area contributed by atoms with Crippen molar-refractivity contribution in [1.29, 1.82) is 0 Å². The number of aromatic nitrogens is 2. The van der Waals surface area contributed by atoms with Crippen LogP contribution in [0.25, 0.3) is 0 Å². The molecular formula is C8H9F3N2OS. The molecule has 0 radical (unpaired) electrons. The Balaban J connectivity index is 2.88. The first-order chi connectivity index (χ1) is 6.95. The molecule has 3 nitrogen and oxygen atoms in total. The number of hydrogen-bond acceptors (Lipinski definition) is 4. The van der Waals surface area contributed by atoms with E-state index in [-0.39, 0.29) is 12.3 Å². The van der Waals surface area contributed by atoms with Crippen LogP contribution >= 0.6 is 12.0 Å². The van der Waals surface area contributed by atoms with Gasteiger partial charge in [-0.3, -0.25) is 0 Å². The van der Waals surface area contributed by atoms with Crippen LogP contribution in [0, 0.1) is 6.92 Å². The minimum absolute atomic E-state index is 0.200. The van der Waals surface area contributed by atoms with Crippen molar-refractivity contribution in [1.82, 2.24) is 9.97 Å². The Morgan fingerprint density at radius 2 is 2.13 bits per heavy atom. The van der Waals surface area contributed by atoms with Gasteiger partial charge in [0, 0.05) is 23.7 Å². The van der Waals surface area contributed by atoms with Crippen LogP contribution in [0.1, 0.15) is 17.1 Å². The van der Waals surface area contributed by atoms with E-state index in [1.807, 2.05) is 0 Å². The van der Waals surface area contributed by atoms with Crippen molar-refractivity contribution in [2.45, 2.75) is 19.7 Å². The van der Waals surface area contributed by atoms with Crippen LogP contribution < -0.4 is 0 Å². The lowest BCUT2D eigenvalue weighted by Crippen LogP contribution is -2.12. The molecular weight excluding hydrogens is 229 g/mol. The predicted octanol–water partition coefficient (Wildman–Crippen LogP) is 2.60. The third-order valence-corrected chi connectivity index (χ3v) is 2.02. The van der Waals surface area contributed by atoms with Crippen LogP contribution in [0.15, 0.2) is 6.20 Å². The largest absolute Gasteiger partial charge is 0.451 e. The fourth-order valence-electron chi connectivity index (χ4n) is 0.893. The molecule has 0 saturated heterocycles. The zero-order valence-corrected chi connectivity index (χ0v) is 8.95. The number of alkyl halides is 3. The average Bonchev–Trinajstić information content (AvgIpc) is 2.14. The highest BCUT2D eigenvalue weighted by Crippen LogP contribution is 2.26. The van der Waals surface area contributed by atoms with E-state index in [0.29, 0.717) is 5.56 Å². The summed E-state index contributed by atoms with van der Waals surface area (Å²) in [5, 5.41) is 0. The Morgan fingerprint density at radius 1 is 1.47 bits per heavy atom. The molecule has 15 heavy (non-hydrogen) atoms. The Labute approximate surface area is 89.3 Å². The van der Waals surface area contributed by atoms with Gasteiger partial charge < -0.3 is 4.18 Å². The first-order valence-corrected chi connectivity index (χ1v) is 5.15. The highest BCUT2D eigenvalue weighted by atomic mass is 32.2. The molecule has 0 bridgehead atoms. The summed E-state index contributed by atoms with van der Waals surface area (Å²) in [6.45, 7) is 1.70. The number of hydrogen-bond donors (Lipinski definition) is 0. The zero-order valence-electron chi connectivity index (χ0n) is 8.13. The summed E-state index contributed by atoms with van der Waals surface area (Å²) in [5.74, 6) is -1.12. The molecule has 0 aliphatic carbocycles. The van der Waals surface area contributed by atoms with Crippen LogP contribution in [0.2, 0.25) is 0 Å². The van der Waals surface area contributed by atoms with Crippen LogP contribution in [-0.2, 0) is 17.0 Å². The second kappa shape index (κ2) is 4.80. The van der Waals surface area contributed by atoms with Gasteiger partial charge in [-0.05, 0) is 19.0 Å². The quantitative estimate of drug-likeness (QED) is 0.758. The van der Waals surface area contributed by atoms with Crippen molar-refractivity contribution < 1.29 is 17.4 Å². The first kappa shape index (κ1) is 12.3. The van der Waals surface area contributed by atoms with E-state index in [0.717, 1.165) is 18.2 Å². The topological polar surface area (TPSA) is 35.0 Å². The fraction of sp³-hybridized carbons (Fsp3) is 0.500. The Hall–Kier alpha value is -0.820. The molecule has 0 aliphatic rings. The van der Waals surface area contributed by atoms with Crippen molar-refractivity contribution in [2.75, 3.05) is 6.26 Å². The van der Waals surface area contributed by atoms with Crippen molar-refractivity contribution in [3.63, 3.8) is 0 Å². The predicted molar refractivity (Wildman–Crippen MR) is 50.1 cm³/mol. The molecule has 1 aromatic rings. The molecule has 0 amide bonds. The highest BCUT2D eigenvalue weighted by Gasteiger charge is 2.34. The number of nitrogens with zero attached hydrogens (tertiary/aromatic N) is 2. The maximum absolute atomic E-state index is 12.2. The van der Waals surface area contributed by atoms with E-state index in [1.54, 1.807) is 6.26 Å². The second-order valence-electron chi connectivity index (χ2n) is 2.73.